The third-order valence-corrected chi connectivity index (χ3v) is 4.44. The molecular formula is C20H25N5O. The number of likely N-dealkylation sites (N-methyl/N-ethyl adjacent to an activating group) is 1. The lowest BCUT2D eigenvalue weighted by Gasteiger charge is -2.34. The number of nitrogens with one attached hydrogen (secondary N) is 2. The Balaban J connectivity index is 1.61. The molecule has 3 rings (SSSR count). The molecule has 1 aliphatic rings. The number of hydrogen-bond donors (Lipinski definition) is 2. The van der Waals surface area contributed by atoms with Gasteiger partial charge in [-0.25, -0.2) is 0 Å². The van der Waals surface area contributed by atoms with Crippen LogP contribution in [0.15, 0.2) is 55.4 Å². The summed E-state index contributed by atoms with van der Waals surface area (Å²) in [4.78, 5) is 21.3. The van der Waals surface area contributed by atoms with E-state index in [2.05, 4.69) is 51.2 Å². The quantitative estimate of drug-likeness (QED) is 0.784. The Hall–Kier alpha value is -2.86. The van der Waals surface area contributed by atoms with Crippen molar-refractivity contribution in [2.24, 2.45) is 0 Å². The highest BCUT2D eigenvalue weighted by molar-refractivity contribution is 6.04. The normalized spacial score (nSPS) is 14.7. The first-order valence-electron chi connectivity index (χ1n) is 8.80. The van der Waals surface area contributed by atoms with Crippen LogP contribution in [0.25, 0.3) is 0 Å². The van der Waals surface area contributed by atoms with Crippen molar-refractivity contribution in [2.75, 3.05) is 55.3 Å². The highest BCUT2D eigenvalue weighted by Gasteiger charge is 2.14. The molecule has 136 valence electrons. The number of benzene rings is 1. The predicted octanol–water partition coefficient (Wildman–Crippen LogP) is 2.68. The molecule has 2 aromatic rings. The van der Waals surface area contributed by atoms with Gasteiger partial charge >= 0.3 is 0 Å². The van der Waals surface area contributed by atoms with Crippen molar-refractivity contribution >= 4 is 23.0 Å². The van der Waals surface area contributed by atoms with Crippen molar-refractivity contribution in [1.82, 2.24) is 9.88 Å². The van der Waals surface area contributed by atoms with Gasteiger partial charge in [-0.3, -0.25) is 9.78 Å². The summed E-state index contributed by atoms with van der Waals surface area (Å²) in [7, 11) is 2.15. The number of hydrogen-bond acceptors (Lipinski definition) is 5. The van der Waals surface area contributed by atoms with Crippen LogP contribution < -0.4 is 15.5 Å². The molecule has 1 amide bonds. The molecule has 0 aliphatic carbocycles. The minimum atomic E-state index is -0.174. The maximum atomic E-state index is 12.4. The minimum absolute atomic E-state index is 0.174. The van der Waals surface area contributed by atoms with E-state index in [0.717, 1.165) is 37.6 Å². The summed E-state index contributed by atoms with van der Waals surface area (Å²) in [6.07, 6.45) is 5.01. The van der Waals surface area contributed by atoms with Gasteiger partial charge in [0.15, 0.2) is 0 Å². The smallest absolute Gasteiger partial charge is 0.257 e. The first kappa shape index (κ1) is 17.9. The van der Waals surface area contributed by atoms with Crippen molar-refractivity contribution in [3.63, 3.8) is 0 Å². The number of aromatic nitrogens is 1. The lowest BCUT2D eigenvalue weighted by atomic mass is 10.2. The van der Waals surface area contributed by atoms with Gasteiger partial charge in [-0.15, -0.1) is 6.58 Å². The molecule has 1 aromatic heterocycles. The van der Waals surface area contributed by atoms with E-state index in [4.69, 9.17) is 0 Å². The number of nitrogens with zero attached hydrogens (tertiary/aromatic N) is 3. The fraction of sp³-hybridized carbons (Fsp3) is 0.300. The molecule has 26 heavy (non-hydrogen) atoms. The van der Waals surface area contributed by atoms with Gasteiger partial charge in [0.2, 0.25) is 0 Å². The lowest BCUT2D eigenvalue weighted by Crippen LogP contribution is -2.44. The summed E-state index contributed by atoms with van der Waals surface area (Å²) in [6.45, 7) is 8.49. The van der Waals surface area contributed by atoms with E-state index in [1.54, 1.807) is 24.5 Å². The molecular weight excluding hydrogens is 326 g/mol. The van der Waals surface area contributed by atoms with Crippen LogP contribution in [-0.2, 0) is 0 Å². The highest BCUT2D eigenvalue weighted by Crippen LogP contribution is 2.20. The average molecular weight is 351 g/mol. The number of amides is 1. The van der Waals surface area contributed by atoms with E-state index in [0.29, 0.717) is 12.1 Å². The molecule has 0 radical (unpaired) electrons. The van der Waals surface area contributed by atoms with E-state index >= 15 is 0 Å². The third-order valence-electron chi connectivity index (χ3n) is 4.44. The predicted molar refractivity (Wildman–Crippen MR) is 107 cm³/mol. The Morgan fingerprint density at radius 2 is 1.88 bits per heavy atom. The van der Waals surface area contributed by atoms with Crippen molar-refractivity contribution in [3.8, 4) is 0 Å². The summed E-state index contributed by atoms with van der Waals surface area (Å²) in [5.41, 5.74) is 3.27. The van der Waals surface area contributed by atoms with Crippen LogP contribution in [0.3, 0.4) is 0 Å². The first-order chi connectivity index (χ1) is 12.7. The van der Waals surface area contributed by atoms with E-state index in [9.17, 15) is 4.79 Å². The molecule has 0 unspecified atom stereocenters. The van der Waals surface area contributed by atoms with Crippen LogP contribution in [0.5, 0.6) is 0 Å². The van der Waals surface area contributed by atoms with Gasteiger partial charge in [0, 0.05) is 56.5 Å². The second-order valence-corrected chi connectivity index (χ2v) is 6.42. The van der Waals surface area contributed by atoms with E-state index in [1.165, 1.54) is 5.69 Å². The topological polar surface area (TPSA) is 60.5 Å². The number of rotatable bonds is 6. The zero-order valence-corrected chi connectivity index (χ0v) is 15.1. The molecule has 1 aliphatic heterocycles. The molecule has 2 heterocycles. The molecule has 6 heteroatoms. The zero-order valence-electron chi connectivity index (χ0n) is 15.1. The van der Waals surface area contributed by atoms with Gasteiger partial charge in [0.05, 0.1) is 11.3 Å². The van der Waals surface area contributed by atoms with E-state index < -0.39 is 0 Å². The fourth-order valence-corrected chi connectivity index (χ4v) is 2.87. The average Bonchev–Trinajstić information content (AvgIpc) is 2.68. The Kier molecular flexibility index (Phi) is 5.86. The van der Waals surface area contributed by atoms with Crippen molar-refractivity contribution in [2.45, 2.75) is 0 Å². The van der Waals surface area contributed by atoms with Crippen LogP contribution in [0, 0.1) is 0 Å². The van der Waals surface area contributed by atoms with Crippen LogP contribution in [0.2, 0.25) is 0 Å². The first-order valence-corrected chi connectivity index (χ1v) is 8.80. The molecule has 1 saturated heterocycles. The minimum Gasteiger partial charge on any atom is -0.380 e. The summed E-state index contributed by atoms with van der Waals surface area (Å²) < 4.78 is 0. The van der Waals surface area contributed by atoms with Gasteiger partial charge in [-0.2, -0.15) is 0 Å². The molecule has 0 bridgehead atoms. The zero-order chi connectivity index (χ0) is 18.4. The van der Waals surface area contributed by atoms with Gasteiger partial charge in [0.25, 0.3) is 5.91 Å². The molecule has 1 fully saturated rings. The summed E-state index contributed by atoms with van der Waals surface area (Å²) in [5.74, 6) is -0.174. The van der Waals surface area contributed by atoms with E-state index in [1.807, 2.05) is 12.1 Å². The molecule has 0 spiro atoms. The monoisotopic (exact) mass is 351 g/mol. The van der Waals surface area contributed by atoms with Crippen molar-refractivity contribution in [1.29, 1.82) is 0 Å². The number of pyridine rings is 1. The van der Waals surface area contributed by atoms with Gasteiger partial charge in [0.1, 0.15) is 0 Å². The second-order valence-electron chi connectivity index (χ2n) is 6.42. The molecule has 1 aromatic carbocycles. The van der Waals surface area contributed by atoms with Crippen molar-refractivity contribution < 1.29 is 4.79 Å². The Bertz CT molecular complexity index is 751. The highest BCUT2D eigenvalue weighted by atomic mass is 16.1. The molecule has 0 saturated carbocycles. The van der Waals surface area contributed by atoms with Gasteiger partial charge < -0.3 is 20.4 Å². The third kappa shape index (κ3) is 4.61. The molecule has 0 atom stereocenters. The summed E-state index contributed by atoms with van der Waals surface area (Å²) in [6, 6.07) is 9.78. The van der Waals surface area contributed by atoms with Crippen LogP contribution >= 0.6 is 0 Å². The maximum Gasteiger partial charge on any atom is 0.257 e. The number of carbonyl (C=O) groups is 1. The van der Waals surface area contributed by atoms with Gasteiger partial charge in [-0.05, 0) is 37.4 Å². The Morgan fingerprint density at radius 1 is 1.15 bits per heavy atom. The molecule has 6 nitrogen and oxygen atoms in total. The van der Waals surface area contributed by atoms with Gasteiger partial charge in [-0.1, -0.05) is 6.08 Å². The molecule has 2 N–H and O–H groups in total. The number of carbonyl (C=O) groups excluding carboxylic acids is 1. The Morgan fingerprint density at radius 3 is 2.58 bits per heavy atom. The lowest BCUT2D eigenvalue weighted by molar-refractivity contribution is 0.102. The van der Waals surface area contributed by atoms with Crippen molar-refractivity contribution in [3.05, 3.63) is 60.9 Å². The Labute approximate surface area is 154 Å². The largest absolute Gasteiger partial charge is 0.380 e. The number of anilines is 3. The van der Waals surface area contributed by atoms with E-state index in [-0.39, 0.29) is 5.91 Å². The standard InChI is InChI=1S/C20H25N5O/c1-3-8-22-18-13-16(14-21-15-18)20(26)23-17-4-6-19(7-5-17)25-11-9-24(2)10-12-25/h3-7,13-15,22H,1,8-12H2,2H3,(H,23,26). The van der Waals surface area contributed by atoms with Crippen LogP contribution in [-0.4, -0.2) is 55.6 Å². The maximum absolute atomic E-state index is 12.4. The SMILES string of the molecule is C=CCNc1cncc(C(=O)Nc2ccc(N3CCN(C)CC3)cc2)c1. The summed E-state index contributed by atoms with van der Waals surface area (Å²) in [5, 5.41) is 6.06. The second kappa shape index (κ2) is 8.49. The number of piperazine rings is 1. The van der Waals surface area contributed by atoms with Crippen LogP contribution in [0.1, 0.15) is 10.4 Å². The summed E-state index contributed by atoms with van der Waals surface area (Å²) >= 11 is 0. The van der Waals surface area contributed by atoms with Crippen LogP contribution in [0.4, 0.5) is 17.1 Å². The fourth-order valence-electron chi connectivity index (χ4n) is 2.87.